The Morgan fingerprint density at radius 2 is 1.50 bits per heavy atom. The smallest absolute Gasteiger partial charge is 0.200 e. The molecule has 2 aromatic carbocycles. The number of methoxy groups -OCH3 is 2. The fourth-order valence-electron chi connectivity index (χ4n) is 2.32. The van der Waals surface area contributed by atoms with Crippen molar-refractivity contribution in [3.8, 4) is 40.6 Å². The molecule has 2 rings (SSSR count). The number of aryl methyl sites for hydroxylation is 1. The normalized spacial score (nSPS) is 10.1. The first-order valence-corrected chi connectivity index (χ1v) is 8.07. The van der Waals surface area contributed by atoms with Gasteiger partial charge in [-0.1, -0.05) is 11.8 Å². The van der Waals surface area contributed by atoms with Crippen molar-refractivity contribution >= 4 is 0 Å². The van der Waals surface area contributed by atoms with Crippen molar-refractivity contribution in [1.29, 1.82) is 0 Å². The highest BCUT2D eigenvalue weighted by Crippen LogP contribution is 2.35. The topological polar surface area (TPSA) is 88.4 Å². The Labute approximate surface area is 152 Å². The summed E-state index contributed by atoms with van der Waals surface area (Å²) < 4.78 is 15.8. The highest BCUT2D eigenvalue weighted by molar-refractivity contribution is 5.51. The third kappa shape index (κ3) is 5.50. The van der Waals surface area contributed by atoms with Gasteiger partial charge in [0.25, 0.3) is 0 Å². The lowest BCUT2D eigenvalue weighted by molar-refractivity contribution is 0.164. The van der Waals surface area contributed by atoms with E-state index >= 15 is 0 Å². The van der Waals surface area contributed by atoms with Gasteiger partial charge in [0, 0.05) is 18.2 Å². The van der Waals surface area contributed by atoms with Gasteiger partial charge in [0.1, 0.15) is 18.1 Å². The van der Waals surface area contributed by atoms with Gasteiger partial charge in [0.05, 0.1) is 14.2 Å². The highest BCUT2D eigenvalue weighted by Gasteiger charge is 2.07. The molecule has 6 heteroatoms. The number of hydrogen-bond acceptors (Lipinski definition) is 6. The average Bonchev–Trinajstić information content (AvgIpc) is 2.64. The summed E-state index contributed by atoms with van der Waals surface area (Å²) in [6.45, 7) is 0.768. The Hall–Kier alpha value is -3.04. The number of aromatic hydroxyl groups is 3. The molecule has 6 nitrogen and oxygen atoms in total. The van der Waals surface area contributed by atoms with Gasteiger partial charge in [-0.25, -0.2) is 0 Å². The predicted molar refractivity (Wildman–Crippen MR) is 97.0 cm³/mol. The van der Waals surface area contributed by atoms with Crippen LogP contribution in [0.25, 0.3) is 0 Å². The molecule has 0 atom stereocenters. The van der Waals surface area contributed by atoms with Crippen LogP contribution in [0.3, 0.4) is 0 Å². The summed E-state index contributed by atoms with van der Waals surface area (Å²) in [5.74, 6) is 6.11. The highest BCUT2D eigenvalue weighted by atomic mass is 16.5. The third-order valence-electron chi connectivity index (χ3n) is 3.64. The van der Waals surface area contributed by atoms with Crippen LogP contribution in [0.1, 0.15) is 17.5 Å². The van der Waals surface area contributed by atoms with E-state index in [1.807, 2.05) is 12.1 Å². The first kappa shape index (κ1) is 19.3. The summed E-state index contributed by atoms with van der Waals surface area (Å²) in [6, 6.07) is 8.26. The summed E-state index contributed by atoms with van der Waals surface area (Å²) in [4.78, 5) is 0. The minimum Gasteiger partial charge on any atom is -0.504 e. The van der Waals surface area contributed by atoms with E-state index in [9.17, 15) is 15.3 Å². The molecule has 0 fully saturated rings. The standard InChI is InChI=1S/C20H22O6/c1-24-16-9-14(10-17(13-16)25-2)5-3-7-26-8-4-6-15-11-18(21)20(23)19(22)12-15/h9-13,21-23H,4,6-8H2,1-2H3. The lowest BCUT2D eigenvalue weighted by atomic mass is 10.1. The molecule has 0 aliphatic heterocycles. The fraction of sp³-hybridized carbons (Fsp3) is 0.300. The second kappa shape index (κ2) is 9.44. The molecule has 0 amide bonds. The van der Waals surface area contributed by atoms with Crippen LogP contribution in [0.2, 0.25) is 0 Å². The van der Waals surface area contributed by atoms with Gasteiger partial charge >= 0.3 is 0 Å². The molecule has 2 aromatic rings. The molecule has 0 radical (unpaired) electrons. The van der Waals surface area contributed by atoms with Crippen molar-refractivity contribution in [3.05, 3.63) is 41.5 Å². The van der Waals surface area contributed by atoms with Gasteiger partial charge in [-0.2, -0.15) is 0 Å². The van der Waals surface area contributed by atoms with Gasteiger partial charge in [0.15, 0.2) is 17.2 Å². The molecule has 138 valence electrons. The van der Waals surface area contributed by atoms with Crippen LogP contribution in [0.4, 0.5) is 0 Å². The molecule has 0 saturated carbocycles. The largest absolute Gasteiger partial charge is 0.504 e. The molecule has 3 N–H and O–H groups in total. The molecule has 0 bridgehead atoms. The van der Waals surface area contributed by atoms with Gasteiger partial charge in [-0.3, -0.25) is 0 Å². The van der Waals surface area contributed by atoms with Crippen LogP contribution in [0.5, 0.6) is 28.7 Å². The van der Waals surface area contributed by atoms with Crippen molar-refractivity contribution < 1.29 is 29.5 Å². The van der Waals surface area contributed by atoms with E-state index in [4.69, 9.17) is 14.2 Å². The van der Waals surface area contributed by atoms with Crippen molar-refractivity contribution in [3.63, 3.8) is 0 Å². The first-order valence-electron chi connectivity index (χ1n) is 8.07. The second-order valence-electron chi connectivity index (χ2n) is 5.54. The molecule has 0 heterocycles. The molecule has 26 heavy (non-hydrogen) atoms. The maximum absolute atomic E-state index is 9.46. The lowest BCUT2D eigenvalue weighted by Gasteiger charge is -2.06. The zero-order chi connectivity index (χ0) is 18.9. The van der Waals surface area contributed by atoms with Crippen LogP contribution in [-0.4, -0.2) is 42.8 Å². The summed E-state index contributed by atoms with van der Waals surface area (Å²) in [5, 5.41) is 28.2. The Kier molecular flexibility index (Phi) is 7.01. The summed E-state index contributed by atoms with van der Waals surface area (Å²) in [6.07, 6.45) is 1.29. The fourth-order valence-corrected chi connectivity index (χ4v) is 2.32. The summed E-state index contributed by atoms with van der Waals surface area (Å²) in [5.41, 5.74) is 1.50. The van der Waals surface area contributed by atoms with E-state index in [0.717, 1.165) is 11.1 Å². The van der Waals surface area contributed by atoms with Crippen LogP contribution in [-0.2, 0) is 11.2 Å². The van der Waals surface area contributed by atoms with Crippen LogP contribution < -0.4 is 9.47 Å². The predicted octanol–water partition coefficient (Wildman–Crippen LogP) is 2.82. The molecule has 0 aromatic heterocycles. The molecule has 0 aliphatic rings. The van der Waals surface area contributed by atoms with E-state index in [-0.39, 0.29) is 18.1 Å². The van der Waals surface area contributed by atoms with Crippen molar-refractivity contribution in [2.75, 3.05) is 27.4 Å². The Balaban J connectivity index is 1.77. The molecular formula is C20H22O6. The number of phenols is 3. The Bertz CT molecular complexity index is 758. The lowest BCUT2D eigenvalue weighted by Crippen LogP contribution is -1.97. The van der Waals surface area contributed by atoms with Crippen LogP contribution in [0.15, 0.2) is 30.3 Å². The Morgan fingerprint density at radius 3 is 2.08 bits per heavy atom. The minimum atomic E-state index is -0.505. The van der Waals surface area contributed by atoms with Gasteiger partial charge in [0.2, 0.25) is 0 Å². The van der Waals surface area contributed by atoms with Crippen LogP contribution >= 0.6 is 0 Å². The zero-order valence-electron chi connectivity index (χ0n) is 14.8. The number of hydrogen-bond donors (Lipinski definition) is 3. The molecule has 0 aliphatic carbocycles. The van der Waals surface area contributed by atoms with E-state index in [2.05, 4.69) is 11.8 Å². The second-order valence-corrected chi connectivity index (χ2v) is 5.54. The number of phenolic OH excluding ortho intramolecular Hbond substituents is 3. The molecular weight excluding hydrogens is 336 g/mol. The maximum Gasteiger partial charge on any atom is 0.200 e. The average molecular weight is 358 g/mol. The quantitative estimate of drug-likeness (QED) is 0.401. The molecule has 0 spiro atoms. The van der Waals surface area contributed by atoms with E-state index in [0.29, 0.717) is 30.9 Å². The summed E-state index contributed by atoms with van der Waals surface area (Å²) >= 11 is 0. The summed E-state index contributed by atoms with van der Waals surface area (Å²) in [7, 11) is 3.17. The van der Waals surface area contributed by atoms with Crippen LogP contribution in [0, 0.1) is 11.8 Å². The van der Waals surface area contributed by atoms with E-state index in [1.54, 1.807) is 20.3 Å². The Morgan fingerprint density at radius 1 is 0.885 bits per heavy atom. The number of rotatable bonds is 7. The minimum absolute atomic E-state index is 0.283. The molecule has 0 unspecified atom stereocenters. The van der Waals surface area contributed by atoms with E-state index in [1.165, 1.54) is 12.1 Å². The van der Waals surface area contributed by atoms with Crippen molar-refractivity contribution in [1.82, 2.24) is 0 Å². The van der Waals surface area contributed by atoms with Gasteiger partial charge in [-0.15, -0.1) is 0 Å². The first-order chi connectivity index (χ1) is 12.5. The SMILES string of the molecule is COc1cc(C#CCOCCCc2cc(O)c(O)c(O)c2)cc(OC)c1. The van der Waals surface area contributed by atoms with Gasteiger partial charge < -0.3 is 29.5 Å². The van der Waals surface area contributed by atoms with Crippen molar-refractivity contribution in [2.24, 2.45) is 0 Å². The molecule has 0 saturated heterocycles. The third-order valence-corrected chi connectivity index (χ3v) is 3.64. The zero-order valence-corrected chi connectivity index (χ0v) is 14.8. The monoisotopic (exact) mass is 358 g/mol. The van der Waals surface area contributed by atoms with E-state index < -0.39 is 5.75 Å². The maximum atomic E-state index is 9.46. The number of benzene rings is 2. The van der Waals surface area contributed by atoms with Gasteiger partial charge in [-0.05, 0) is 42.7 Å². The number of ether oxygens (including phenoxy) is 3. The van der Waals surface area contributed by atoms with Crippen molar-refractivity contribution in [2.45, 2.75) is 12.8 Å².